The number of aryl methyl sites for hydroxylation is 2. The van der Waals surface area contributed by atoms with E-state index < -0.39 is 12.2 Å². The predicted molar refractivity (Wildman–Crippen MR) is 78.2 cm³/mol. The van der Waals surface area contributed by atoms with Crippen molar-refractivity contribution in [3.05, 3.63) is 69.3 Å². The average molecular weight is 286 g/mol. The number of benzene rings is 1. The Bertz CT molecular complexity index is 675. The summed E-state index contributed by atoms with van der Waals surface area (Å²) in [6, 6.07) is 11.5. The van der Waals surface area contributed by atoms with Gasteiger partial charge in [-0.05, 0) is 12.0 Å². The second kappa shape index (κ2) is 5.84. The lowest BCUT2D eigenvalue weighted by atomic mass is 9.92. The van der Waals surface area contributed by atoms with Gasteiger partial charge in [-0.15, -0.1) is 0 Å². The summed E-state index contributed by atoms with van der Waals surface area (Å²) < 4.78 is 5.75. The van der Waals surface area contributed by atoms with Gasteiger partial charge in [-0.3, -0.25) is 4.79 Å². The summed E-state index contributed by atoms with van der Waals surface area (Å²) in [5, 5.41) is 19.3. The number of rotatable bonds is 3. The first kappa shape index (κ1) is 14.0. The Labute approximate surface area is 122 Å². The van der Waals surface area contributed by atoms with E-state index in [-0.39, 0.29) is 18.3 Å². The first-order chi connectivity index (χ1) is 10.1. The van der Waals surface area contributed by atoms with Gasteiger partial charge >= 0.3 is 0 Å². The van der Waals surface area contributed by atoms with Crippen molar-refractivity contribution in [3.8, 4) is 0 Å². The van der Waals surface area contributed by atoms with E-state index in [1.54, 1.807) is 0 Å². The van der Waals surface area contributed by atoms with Crippen LogP contribution in [0.2, 0.25) is 0 Å². The molecule has 0 amide bonds. The van der Waals surface area contributed by atoms with E-state index in [2.05, 4.69) is 0 Å². The van der Waals surface area contributed by atoms with E-state index in [1.165, 1.54) is 11.6 Å². The zero-order valence-electron chi connectivity index (χ0n) is 11.7. The lowest BCUT2D eigenvalue weighted by molar-refractivity contribution is 0.00851. The van der Waals surface area contributed by atoms with E-state index in [4.69, 9.17) is 4.42 Å². The summed E-state index contributed by atoms with van der Waals surface area (Å²) in [4.78, 5) is 12.1. The molecule has 1 aromatic heterocycles. The van der Waals surface area contributed by atoms with Crippen LogP contribution in [0.5, 0.6) is 0 Å². The largest absolute Gasteiger partial charge is 0.465 e. The van der Waals surface area contributed by atoms with Gasteiger partial charge in [0.15, 0.2) is 5.43 Å². The van der Waals surface area contributed by atoms with Crippen LogP contribution in [0.4, 0.5) is 0 Å². The van der Waals surface area contributed by atoms with Gasteiger partial charge in [0, 0.05) is 30.9 Å². The van der Waals surface area contributed by atoms with Crippen molar-refractivity contribution in [1.29, 1.82) is 0 Å². The van der Waals surface area contributed by atoms with E-state index in [1.807, 2.05) is 30.3 Å². The zero-order valence-corrected chi connectivity index (χ0v) is 11.7. The molecule has 4 heteroatoms. The van der Waals surface area contributed by atoms with Crippen molar-refractivity contribution in [2.24, 2.45) is 0 Å². The van der Waals surface area contributed by atoms with Crippen molar-refractivity contribution < 1.29 is 14.6 Å². The maximum Gasteiger partial charge on any atom is 0.188 e. The van der Waals surface area contributed by atoms with E-state index >= 15 is 0 Å². The smallest absolute Gasteiger partial charge is 0.188 e. The topological polar surface area (TPSA) is 70.7 Å². The third-order valence-corrected chi connectivity index (χ3v) is 3.94. The fourth-order valence-electron chi connectivity index (χ4n) is 2.71. The molecular formula is C17H18O4. The Balaban J connectivity index is 1.80. The van der Waals surface area contributed by atoms with E-state index in [9.17, 15) is 15.0 Å². The van der Waals surface area contributed by atoms with Crippen LogP contribution in [-0.2, 0) is 25.7 Å². The fourth-order valence-corrected chi connectivity index (χ4v) is 2.71. The van der Waals surface area contributed by atoms with Crippen molar-refractivity contribution in [2.45, 2.75) is 37.9 Å². The molecule has 3 rings (SSSR count). The molecule has 1 heterocycles. The van der Waals surface area contributed by atoms with E-state index in [0.717, 1.165) is 6.42 Å². The summed E-state index contributed by atoms with van der Waals surface area (Å²) >= 11 is 0. The lowest BCUT2D eigenvalue weighted by Gasteiger charge is -2.24. The monoisotopic (exact) mass is 286 g/mol. The molecule has 0 saturated carbocycles. The first-order valence-electron chi connectivity index (χ1n) is 7.18. The van der Waals surface area contributed by atoms with Crippen LogP contribution in [0.25, 0.3) is 0 Å². The maximum absolute atomic E-state index is 12.1. The second-order valence-corrected chi connectivity index (χ2v) is 5.51. The zero-order chi connectivity index (χ0) is 14.8. The Morgan fingerprint density at radius 2 is 1.76 bits per heavy atom. The molecule has 1 aliphatic rings. The summed E-state index contributed by atoms with van der Waals surface area (Å²) in [7, 11) is 0. The minimum Gasteiger partial charge on any atom is -0.465 e. The van der Waals surface area contributed by atoms with Crippen LogP contribution < -0.4 is 5.43 Å². The van der Waals surface area contributed by atoms with Gasteiger partial charge in [0.25, 0.3) is 0 Å². The Hall–Kier alpha value is -1.91. The molecule has 0 saturated heterocycles. The van der Waals surface area contributed by atoms with Gasteiger partial charge in [0.05, 0.1) is 12.2 Å². The van der Waals surface area contributed by atoms with Gasteiger partial charge in [-0.25, -0.2) is 0 Å². The van der Waals surface area contributed by atoms with Crippen LogP contribution in [-0.4, -0.2) is 22.4 Å². The molecule has 0 bridgehead atoms. The highest BCUT2D eigenvalue weighted by Gasteiger charge is 2.28. The molecule has 2 N–H and O–H groups in total. The number of aliphatic hydroxyl groups is 2. The van der Waals surface area contributed by atoms with Crippen LogP contribution in [0, 0.1) is 0 Å². The van der Waals surface area contributed by atoms with Gasteiger partial charge in [0.1, 0.15) is 11.5 Å². The molecule has 2 aromatic rings. The van der Waals surface area contributed by atoms with Crippen molar-refractivity contribution in [1.82, 2.24) is 0 Å². The van der Waals surface area contributed by atoms with Crippen LogP contribution in [0.3, 0.4) is 0 Å². The maximum atomic E-state index is 12.1. The second-order valence-electron chi connectivity index (χ2n) is 5.51. The molecule has 0 aliphatic heterocycles. The molecule has 1 aliphatic carbocycles. The third kappa shape index (κ3) is 3.06. The Morgan fingerprint density at radius 1 is 1.05 bits per heavy atom. The van der Waals surface area contributed by atoms with Crippen LogP contribution in [0.1, 0.15) is 22.6 Å². The molecular weight excluding hydrogens is 268 g/mol. The Kier molecular flexibility index (Phi) is 3.90. The summed E-state index contributed by atoms with van der Waals surface area (Å²) in [6.45, 7) is 0. The standard InChI is InChI=1S/C17H18O4/c18-14-8-12(7-6-11-4-2-1-3-5-11)21-17-10-16(20)15(19)9-13(14)17/h1-5,8,15-16,19-20H,6-7,9-10H2/t15-,16+/m0/s1. The number of fused-ring (bicyclic) bond motifs is 1. The van der Waals surface area contributed by atoms with Gasteiger partial charge in [-0.1, -0.05) is 30.3 Å². The number of hydrogen-bond acceptors (Lipinski definition) is 4. The molecule has 0 spiro atoms. The Morgan fingerprint density at radius 3 is 2.52 bits per heavy atom. The third-order valence-electron chi connectivity index (χ3n) is 3.94. The SMILES string of the molecule is O=c1cc(CCc2ccccc2)oc2c1C[C@H](O)[C@H](O)C2. The highest BCUT2D eigenvalue weighted by molar-refractivity contribution is 5.25. The van der Waals surface area contributed by atoms with Gasteiger partial charge in [0.2, 0.25) is 0 Å². The summed E-state index contributed by atoms with van der Waals surface area (Å²) in [6.07, 6.45) is 0.0716. The summed E-state index contributed by atoms with van der Waals surface area (Å²) in [5.41, 5.74) is 1.58. The van der Waals surface area contributed by atoms with Crippen LogP contribution >= 0.6 is 0 Å². The molecule has 4 nitrogen and oxygen atoms in total. The minimum atomic E-state index is -0.879. The molecule has 0 unspecified atom stereocenters. The molecule has 2 atom stereocenters. The molecule has 110 valence electrons. The normalized spacial score (nSPS) is 21.0. The number of aliphatic hydroxyl groups excluding tert-OH is 2. The molecule has 0 radical (unpaired) electrons. The van der Waals surface area contributed by atoms with Crippen molar-refractivity contribution in [2.75, 3.05) is 0 Å². The first-order valence-corrected chi connectivity index (χ1v) is 7.18. The van der Waals surface area contributed by atoms with Crippen molar-refractivity contribution >= 4 is 0 Å². The minimum absolute atomic E-state index is 0.106. The predicted octanol–water partition coefficient (Wildman–Crippen LogP) is 1.25. The fraction of sp³-hybridized carbons (Fsp3) is 0.353. The van der Waals surface area contributed by atoms with Gasteiger partial charge in [-0.2, -0.15) is 0 Å². The summed E-state index contributed by atoms with van der Waals surface area (Å²) in [5.74, 6) is 1.15. The molecule has 1 aromatic carbocycles. The van der Waals surface area contributed by atoms with Crippen molar-refractivity contribution in [3.63, 3.8) is 0 Å². The molecule has 21 heavy (non-hydrogen) atoms. The molecule has 0 fully saturated rings. The lowest BCUT2D eigenvalue weighted by Crippen LogP contribution is -2.37. The highest BCUT2D eigenvalue weighted by atomic mass is 16.4. The highest BCUT2D eigenvalue weighted by Crippen LogP contribution is 2.21. The average Bonchev–Trinajstić information content (AvgIpc) is 2.48. The quantitative estimate of drug-likeness (QED) is 0.890. The van der Waals surface area contributed by atoms with Gasteiger partial charge < -0.3 is 14.6 Å². The number of hydrogen-bond donors (Lipinski definition) is 2. The van der Waals surface area contributed by atoms with Crippen LogP contribution in [0.15, 0.2) is 45.6 Å². The van der Waals surface area contributed by atoms with E-state index in [0.29, 0.717) is 23.5 Å².